The van der Waals surface area contributed by atoms with Crippen LogP contribution < -0.4 is 9.80 Å². The smallest absolute Gasteiger partial charge is 0.343 e. The number of carbonyl (C=O) groups excluding carboxylic acids is 3. The van der Waals surface area contributed by atoms with E-state index >= 15 is 0 Å². The SMILES string of the molecule is CON=C1C(=O)N(c2ccccc2)C(=O)N(c2ccccc2)C1=O. The van der Waals surface area contributed by atoms with E-state index in [1.165, 1.54) is 7.11 Å². The highest BCUT2D eigenvalue weighted by atomic mass is 16.6. The predicted octanol–water partition coefficient (Wildman–Crippen LogP) is 2.19. The van der Waals surface area contributed by atoms with Gasteiger partial charge in [0.1, 0.15) is 7.11 Å². The van der Waals surface area contributed by atoms with Crippen LogP contribution in [0.1, 0.15) is 0 Å². The minimum absolute atomic E-state index is 0.338. The summed E-state index contributed by atoms with van der Waals surface area (Å²) in [5.74, 6) is -1.66. The first-order chi connectivity index (χ1) is 11.6. The van der Waals surface area contributed by atoms with E-state index in [4.69, 9.17) is 0 Å². The molecule has 0 N–H and O–H groups in total. The number of anilines is 2. The molecule has 1 aliphatic rings. The average molecular weight is 323 g/mol. The van der Waals surface area contributed by atoms with Gasteiger partial charge in [0.15, 0.2) is 0 Å². The summed E-state index contributed by atoms with van der Waals surface area (Å²) in [6.45, 7) is 0. The van der Waals surface area contributed by atoms with Crippen LogP contribution in [-0.2, 0) is 14.4 Å². The molecule has 1 fully saturated rings. The predicted molar refractivity (Wildman–Crippen MR) is 87.7 cm³/mol. The van der Waals surface area contributed by atoms with Crippen LogP contribution >= 0.6 is 0 Å². The van der Waals surface area contributed by atoms with Crippen LogP contribution in [0.15, 0.2) is 65.8 Å². The molecule has 0 atom stereocenters. The molecule has 0 saturated carbocycles. The van der Waals surface area contributed by atoms with Crippen molar-refractivity contribution in [2.75, 3.05) is 16.9 Å². The normalized spacial score (nSPS) is 14.9. The van der Waals surface area contributed by atoms with E-state index in [0.29, 0.717) is 11.4 Å². The molecule has 7 heteroatoms. The van der Waals surface area contributed by atoms with Gasteiger partial charge in [-0.3, -0.25) is 9.59 Å². The largest absolute Gasteiger partial charge is 0.398 e. The molecule has 1 saturated heterocycles. The third-order valence-corrected chi connectivity index (χ3v) is 3.41. The fourth-order valence-corrected chi connectivity index (χ4v) is 2.36. The van der Waals surface area contributed by atoms with Crippen LogP contribution in [0.2, 0.25) is 0 Å². The van der Waals surface area contributed by atoms with Crippen molar-refractivity contribution < 1.29 is 19.2 Å². The zero-order valence-corrected chi connectivity index (χ0v) is 12.7. The lowest BCUT2D eigenvalue weighted by Crippen LogP contribution is -2.61. The molecular formula is C17H13N3O4. The van der Waals surface area contributed by atoms with Gasteiger partial charge in [-0.2, -0.15) is 0 Å². The van der Waals surface area contributed by atoms with Gasteiger partial charge < -0.3 is 4.84 Å². The summed E-state index contributed by atoms with van der Waals surface area (Å²) in [4.78, 5) is 44.3. The first-order valence-corrected chi connectivity index (χ1v) is 7.09. The Bertz CT molecular complexity index is 755. The number of amides is 4. The second-order valence-corrected chi connectivity index (χ2v) is 4.86. The van der Waals surface area contributed by atoms with Crippen molar-refractivity contribution in [3.8, 4) is 0 Å². The molecule has 1 aliphatic heterocycles. The van der Waals surface area contributed by atoms with E-state index in [1.54, 1.807) is 60.7 Å². The van der Waals surface area contributed by atoms with Crippen LogP contribution in [0.3, 0.4) is 0 Å². The zero-order valence-electron chi connectivity index (χ0n) is 12.7. The van der Waals surface area contributed by atoms with E-state index < -0.39 is 23.6 Å². The Morgan fingerprint density at radius 1 is 0.750 bits per heavy atom. The van der Waals surface area contributed by atoms with Gasteiger partial charge in [-0.15, -0.1) is 0 Å². The average Bonchev–Trinajstić information content (AvgIpc) is 2.61. The number of carbonyl (C=O) groups is 3. The molecule has 4 amide bonds. The topological polar surface area (TPSA) is 79.3 Å². The molecule has 0 aliphatic carbocycles. The van der Waals surface area contributed by atoms with Crippen LogP contribution in [-0.4, -0.2) is 30.7 Å². The fraction of sp³-hybridized carbons (Fsp3) is 0.0588. The van der Waals surface area contributed by atoms with Gasteiger partial charge in [-0.05, 0) is 24.3 Å². The first-order valence-electron chi connectivity index (χ1n) is 7.09. The summed E-state index contributed by atoms with van der Waals surface area (Å²) in [5.41, 5.74) is 0.208. The molecule has 0 unspecified atom stereocenters. The highest BCUT2D eigenvalue weighted by Gasteiger charge is 2.45. The van der Waals surface area contributed by atoms with E-state index in [1.807, 2.05) is 0 Å². The maximum Gasteiger partial charge on any atom is 0.343 e. The Morgan fingerprint density at radius 2 is 1.17 bits per heavy atom. The van der Waals surface area contributed by atoms with Gasteiger partial charge in [-0.1, -0.05) is 41.6 Å². The van der Waals surface area contributed by atoms with E-state index in [9.17, 15) is 14.4 Å². The Morgan fingerprint density at radius 3 is 1.54 bits per heavy atom. The number of hydrogen-bond acceptors (Lipinski definition) is 5. The molecule has 2 aromatic carbocycles. The zero-order chi connectivity index (χ0) is 17.1. The number of benzene rings is 2. The summed E-state index contributed by atoms with van der Waals surface area (Å²) in [6.07, 6.45) is 0. The minimum atomic E-state index is -0.828. The Hall–Kier alpha value is -3.48. The Labute approximate surface area is 137 Å². The lowest BCUT2D eigenvalue weighted by molar-refractivity contribution is -0.117. The van der Waals surface area contributed by atoms with Crippen LogP contribution in [0.25, 0.3) is 0 Å². The molecule has 3 rings (SSSR count). The standard InChI is InChI=1S/C17H13N3O4/c1-24-18-14-15(21)19(12-8-4-2-5-9-12)17(23)20(16(14)22)13-10-6-3-7-11-13/h2-11H,1H3. The summed E-state index contributed by atoms with van der Waals surface area (Å²) in [5, 5.41) is 3.51. The van der Waals surface area contributed by atoms with Crippen molar-refractivity contribution in [3.05, 3.63) is 60.7 Å². The lowest BCUT2D eigenvalue weighted by Gasteiger charge is -2.32. The molecular weight excluding hydrogens is 310 g/mol. The Kier molecular flexibility index (Phi) is 4.07. The van der Waals surface area contributed by atoms with Gasteiger partial charge in [0.25, 0.3) is 11.8 Å². The molecule has 1 heterocycles. The molecule has 0 aromatic heterocycles. The monoisotopic (exact) mass is 323 g/mol. The van der Waals surface area contributed by atoms with Crippen molar-refractivity contribution in [2.24, 2.45) is 5.16 Å². The molecule has 7 nitrogen and oxygen atoms in total. The van der Waals surface area contributed by atoms with Gasteiger partial charge in [-0.25, -0.2) is 14.6 Å². The molecule has 0 bridgehead atoms. The number of para-hydroxylation sites is 2. The van der Waals surface area contributed by atoms with Gasteiger partial charge >= 0.3 is 6.03 Å². The highest BCUT2D eigenvalue weighted by molar-refractivity contribution is 6.76. The van der Waals surface area contributed by atoms with Crippen molar-refractivity contribution >= 4 is 34.9 Å². The molecule has 0 radical (unpaired) electrons. The lowest BCUT2D eigenvalue weighted by atomic mass is 10.1. The van der Waals surface area contributed by atoms with Gasteiger partial charge in [0.2, 0.25) is 5.71 Å². The summed E-state index contributed by atoms with van der Waals surface area (Å²) in [7, 11) is 1.23. The van der Waals surface area contributed by atoms with Gasteiger partial charge in [0.05, 0.1) is 11.4 Å². The van der Waals surface area contributed by atoms with Crippen LogP contribution in [0.4, 0.5) is 16.2 Å². The van der Waals surface area contributed by atoms with Gasteiger partial charge in [0, 0.05) is 0 Å². The van der Waals surface area contributed by atoms with E-state index in [-0.39, 0.29) is 0 Å². The van der Waals surface area contributed by atoms with Crippen molar-refractivity contribution in [2.45, 2.75) is 0 Å². The third kappa shape index (κ3) is 2.52. The number of barbiturate groups is 1. The number of imide groups is 2. The van der Waals surface area contributed by atoms with Crippen molar-refractivity contribution in [1.29, 1.82) is 0 Å². The fourth-order valence-electron chi connectivity index (χ4n) is 2.36. The third-order valence-electron chi connectivity index (χ3n) is 3.41. The first kappa shape index (κ1) is 15.4. The van der Waals surface area contributed by atoms with Crippen LogP contribution in [0, 0.1) is 0 Å². The number of nitrogens with zero attached hydrogens (tertiary/aromatic N) is 3. The number of hydrogen-bond donors (Lipinski definition) is 0. The molecule has 0 spiro atoms. The maximum atomic E-state index is 12.8. The number of oxime groups is 1. The van der Waals surface area contributed by atoms with Crippen LogP contribution in [0.5, 0.6) is 0 Å². The maximum absolute atomic E-state index is 12.8. The Balaban J connectivity index is 2.14. The summed E-state index contributed by atoms with van der Waals surface area (Å²) in [6, 6.07) is 15.9. The molecule has 24 heavy (non-hydrogen) atoms. The highest BCUT2D eigenvalue weighted by Crippen LogP contribution is 2.25. The van der Waals surface area contributed by atoms with Crippen molar-refractivity contribution in [1.82, 2.24) is 0 Å². The summed E-state index contributed by atoms with van der Waals surface area (Å²) >= 11 is 0. The number of rotatable bonds is 3. The van der Waals surface area contributed by atoms with E-state index in [0.717, 1.165) is 9.80 Å². The number of urea groups is 1. The molecule has 2 aromatic rings. The second-order valence-electron chi connectivity index (χ2n) is 4.86. The molecule has 120 valence electrons. The minimum Gasteiger partial charge on any atom is -0.398 e. The quantitative estimate of drug-likeness (QED) is 0.811. The second kappa shape index (κ2) is 6.33. The van der Waals surface area contributed by atoms with Crippen molar-refractivity contribution in [3.63, 3.8) is 0 Å². The van der Waals surface area contributed by atoms with E-state index in [2.05, 4.69) is 9.99 Å². The summed E-state index contributed by atoms with van der Waals surface area (Å²) < 4.78 is 0.